The molecule has 0 saturated heterocycles. The SMILES string of the molecule is CCOC(=O)/C=C(C)/C=C/CC(C)CCC(C)C. The van der Waals surface area contributed by atoms with Gasteiger partial charge in [0.05, 0.1) is 6.61 Å². The van der Waals surface area contributed by atoms with E-state index in [1.165, 1.54) is 12.8 Å². The third-order valence-corrected chi connectivity index (χ3v) is 2.79. The van der Waals surface area contributed by atoms with Crippen LogP contribution in [0, 0.1) is 11.8 Å². The van der Waals surface area contributed by atoms with Crippen LogP contribution in [-0.2, 0) is 9.53 Å². The lowest BCUT2D eigenvalue weighted by atomic mass is 9.96. The van der Waals surface area contributed by atoms with E-state index in [1.807, 2.05) is 19.9 Å². The van der Waals surface area contributed by atoms with Crippen molar-refractivity contribution in [1.82, 2.24) is 0 Å². The van der Waals surface area contributed by atoms with E-state index in [4.69, 9.17) is 4.74 Å². The summed E-state index contributed by atoms with van der Waals surface area (Å²) in [5.41, 5.74) is 0.949. The molecule has 0 aromatic rings. The number of hydrogen-bond donors (Lipinski definition) is 0. The third kappa shape index (κ3) is 10.1. The average molecular weight is 252 g/mol. The van der Waals surface area contributed by atoms with Gasteiger partial charge in [0.25, 0.3) is 0 Å². The number of allylic oxidation sites excluding steroid dienone is 3. The van der Waals surface area contributed by atoms with Gasteiger partial charge in [-0.25, -0.2) is 4.79 Å². The number of rotatable bonds is 8. The van der Waals surface area contributed by atoms with E-state index in [0.717, 1.165) is 17.9 Å². The van der Waals surface area contributed by atoms with Crippen LogP contribution in [0.25, 0.3) is 0 Å². The molecule has 104 valence electrons. The second kappa shape index (κ2) is 9.93. The second-order valence-electron chi connectivity index (χ2n) is 5.35. The Morgan fingerprint density at radius 1 is 1.22 bits per heavy atom. The van der Waals surface area contributed by atoms with Gasteiger partial charge in [-0.3, -0.25) is 0 Å². The number of carbonyl (C=O) groups excluding carboxylic acids is 1. The molecule has 0 aliphatic rings. The van der Waals surface area contributed by atoms with Crippen molar-refractivity contribution in [3.8, 4) is 0 Å². The fourth-order valence-corrected chi connectivity index (χ4v) is 1.64. The summed E-state index contributed by atoms with van der Waals surface area (Å²) in [6, 6.07) is 0. The van der Waals surface area contributed by atoms with Crippen LogP contribution in [0.3, 0.4) is 0 Å². The normalized spacial score (nSPS) is 14.2. The predicted molar refractivity (Wildman–Crippen MR) is 77.4 cm³/mol. The van der Waals surface area contributed by atoms with E-state index >= 15 is 0 Å². The molecule has 0 N–H and O–H groups in total. The zero-order valence-corrected chi connectivity index (χ0v) is 12.5. The Bertz CT molecular complexity index is 287. The fraction of sp³-hybridized carbons (Fsp3) is 0.688. The van der Waals surface area contributed by atoms with Crippen molar-refractivity contribution in [1.29, 1.82) is 0 Å². The van der Waals surface area contributed by atoms with E-state index in [2.05, 4.69) is 26.8 Å². The lowest BCUT2D eigenvalue weighted by molar-refractivity contribution is -0.137. The van der Waals surface area contributed by atoms with Crippen LogP contribution in [0.4, 0.5) is 0 Å². The highest BCUT2D eigenvalue weighted by Gasteiger charge is 2.01. The van der Waals surface area contributed by atoms with Crippen LogP contribution in [-0.4, -0.2) is 12.6 Å². The van der Waals surface area contributed by atoms with Gasteiger partial charge in [-0.15, -0.1) is 0 Å². The number of hydrogen-bond acceptors (Lipinski definition) is 2. The molecule has 0 aliphatic carbocycles. The molecule has 0 rings (SSSR count). The van der Waals surface area contributed by atoms with Gasteiger partial charge in [0.2, 0.25) is 0 Å². The van der Waals surface area contributed by atoms with Crippen molar-refractivity contribution < 1.29 is 9.53 Å². The van der Waals surface area contributed by atoms with Gasteiger partial charge in [-0.1, -0.05) is 45.8 Å². The standard InChI is InChI=1S/C16H28O2/c1-6-18-16(17)12-15(5)9-7-8-14(4)11-10-13(2)3/h7,9,12-14H,6,8,10-11H2,1-5H3/b9-7+,15-12+. The first-order valence-electron chi connectivity index (χ1n) is 6.97. The van der Waals surface area contributed by atoms with Crippen LogP contribution in [0.2, 0.25) is 0 Å². The van der Waals surface area contributed by atoms with Crippen LogP contribution < -0.4 is 0 Å². The maximum Gasteiger partial charge on any atom is 0.330 e. The van der Waals surface area contributed by atoms with E-state index in [1.54, 1.807) is 6.08 Å². The molecule has 0 bridgehead atoms. The molecule has 18 heavy (non-hydrogen) atoms. The molecule has 0 spiro atoms. The van der Waals surface area contributed by atoms with Crippen LogP contribution in [0.1, 0.15) is 53.9 Å². The molecule has 2 heteroatoms. The Morgan fingerprint density at radius 3 is 2.44 bits per heavy atom. The Labute approximate surface area is 112 Å². The Morgan fingerprint density at radius 2 is 1.89 bits per heavy atom. The van der Waals surface area contributed by atoms with Gasteiger partial charge in [0.15, 0.2) is 0 Å². The Kier molecular flexibility index (Phi) is 9.35. The molecular formula is C16H28O2. The zero-order valence-electron chi connectivity index (χ0n) is 12.5. The highest BCUT2D eigenvalue weighted by atomic mass is 16.5. The third-order valence-electron chi connectivity index (χ3n) is 2.79. The van der Waals surface area contributed by atoms with Gasteiger partial charge in [0.1, 0.15) is 0 Å². The summed E-state index contributed by atoms with van der Waals surface area (Å²) < 4.78 is 4.86. The minimum Gasteiger partial charge on any atom is -0.463 e. The van der Waals surface area contributed by atoms with E-state index in [0.29, 0.717) is 12.5 Å². The quantitative estimate of drug-likeness (QED) is 0.361. The fourth-order valence-electron chi connectivity index (χ4n) is 1.64. The zero-order chi connectivity index (χ0) is 14.0. The molecule has 0 aliphatic heterocycles. The monoisotopic (exact) mass is 252 g/mol. The Hall–Kier alpha value is -1.05. The van der Waals surface area contributed by atoms with Crippen molar-refractivity contribution in [3.63, 3.8) is 0 Å². The molecule has 0 heterocycles. The maximum atomic E-state index is 11.2. The van der Waals surface area contributed by atoms with E-state index in [-0.39, 0.29) is 5.97 Å². The van der Waals surface area contributed by atoms with Crippen molar-refractivity contribution in [3.05, 3.63) is 23.8 Å². The Balaban J connectivity index is 3.96. The summed E-state index contributed by atoms with van der Waals surface area (Å²) in [4.78, 5) is 11.2. The molecule has 0 fully saturated rings. The summed E-state index contributed by atoms with van der Waals surface area (Å²) in [6.45, 7) is 11.0. The minimum absolute atomic E-state index is 0.257. The molecule has 1 atom stereocenters. The number of esters is 1. The first-order valence-corrected chi connectivity index (χ1v) is 6.97. The number of carbonyl (C=O) groups is 1. The molecule has 0 aromatic carbocycles. The summed E-state index contributed by atoms with van der Waals surface area (Å²) in [6.07, 6.45) is 9.31. The van der Waals surface area contributed by atoms with Crippen molar-refractivity contribution in [2.24, 2.45) is 11.8 Å². The highest BCUT2D eigenvalue weighted by Crippen LogP contribution is 2.15. The van der Waals surface area contributed by atoms with Gasteiger partial charge in [0, 0.05) is 6.08 Å². The van der Waals surface area contributed by atoms with E-state index in [9.17, 15) is 4.79 Å². The lowest BCUT2D eigenvalue weighted by Gasteiger charge is -2.10. The molecule has 1 unspecified atom stereocenters. The summed E-state index contributed by atoms with van der Waals surface area (Å²) >= 11 is 0. The van der Waals surface area contributed by atoms with Crippen LogP contribution in [0.5, 0.6) is 0 Å². The summed E-state index contributed by atoms with van der Waals surface area (Å²) in [7, 11) is 0. The predicted octanol–water partition coefficient (Wildman–Crippen LogP) is 4.51. The van der Waals surface area contributed by atoms with Crippen LogP contribution >= 0.6 is 0 Å². The largest absolute Gasteiger partial charge is 0.463 e. The maximum absolute atomic E-state index is 11.2. The van der Waals surface area contributed by atoms with Gasteiger partial charge >= 0.3 is 5.97 Å². The van der Waals surface area contributed by atoms with Crippen molar-refractivity contribution >= 4 is 5.97 Å². The summed E-state index contributed by atoms with van der Waals surface area (Å²) in [5.74, 6) is 1.23. The summed E-state index contributed by atoms with van der Waals surface area (Å²) in [5, 5.41) is 0. The molecule has 0 aromatic heterocycles. The first-order chi connectivity index (χ1) is 8.45. The van der Waals surface area contributed by atoms with Gasteiger partial charge < -0.3 is 4.74 Å². The number of ether oxygens (including phenoxy) is 1. The van der Waals surface area contributed by atoms with Gasteiger partial charge in [-0.05, 0) is 37.7 Å². The lowest BCUT2D eigenvalue weighted by Crippen LogP contribution is -2.00. The first kappa shape index (κ1) is 16.9. The molecular weight excluding hydrogens is 224 g/mol. The average Bonchev–Trinajstić information content (AvgIpc) is 2.26. The molecule has 0 amide bonds. The second-order valence-corrected chi connectivity index (χ2v) is 5.35. The topological polar surface area (TPSA) is 26.3 Å². The van der Waals surface area contributed by atoms with Crippen molar-refractivity contribution in [2.75, 3.05) is 6.61 Å². The smallest absolute Gasteiger partial charge is 0.330 e. The molecule has 0 saturated carbocycles. The van der Waals surface area contributed by atoms with Gasteiger partial charge in [-0.2, -0.15) is 0 Å². The van der Waals surface area contributed by atoms with E-state index < -0.39 is 0 Å². The highest BCUT2D eigenvalue weighted by molar-refractivity contribution is 5.83. The minimum atomic E-state index is -0.257. The molecule has 2 nitrogen and oxygen atoms in total. The van der Waals surface area contributed by atoms with Crippen molar-refractivity contribution in [2.45, 2.75) is 53.9 Å². The molecule has 0 radical (unpaired) electrons. The van der Waals surface area contributed by atoms with Crippen LogP contribution in [0.15, 0.2) is 23.8 Å².